The topological polar surface area (TPSA) is 55.8 Å². The Kier molecular flexibility index (Phi) is 2.89. The van der Waals surface area contributed by atoms with Crippen molar-refractivity contribution < 1.29 is 19.2 Å². The minimum Gasteiger partial charge on any atom is -0.467 e. The molecule has 5 nitrogen and oxygen atoms in total. The summed E-state index contributed by atoms with van der Waals surface area (Å²) in [5.41, 5.74) is 0.293. The maximum atomic E-state index is 13.0. The minimum atomic E-state index is -0.850. The van der Waals surface area contributed by atoms with Crippen LogP contribution in [0.2, 0.25) is 0 Å². The van der Waals surface area contributed by atoms with E-state index in [0.29, 0.717) is 6.42 Å². The fourth-order valence-corrected chi connectivity index (χ4v) is 3.46. The van der Waals surface area contributed by atoms with Gasteiger partial charge in [0.1, 0.15) is 5.54 Å². The van der Waals surface area contributed by atoms with E-state index in [1.54, 1.807) is 5.06 Å². The summed E-state index contributed by atoms with van der Waals surface area (Å²) in [6.45, 7) is 5.67. The van der Waals surface area contributed by atoms with Crippen LogP contribution in [0, 0.1) is 0 Å². The number of ether oxygens (including phenoxy) is 1. The third-order valence-electron chi connectivity index (χ3n) is 4.58. The molecule has 2 atom stereocenters. The first-order chi connectivity index (χ1) is 9.82. The monoisotopic (exact) mass is 289 g/mol. The fourth-order valence-electron chi connectivity index (χ4n) is 3.46. The van der Waals surface area contributed by atoms with Crippen molar-refractivity contribution in [1.82, 2.24) is 0 Å². The van der Waals surface area contributed by atoms with E-state index in [1.807, 2.05) is 45.0 Å². The van der Waals surface area contributed by atoms with Gasteiger partial charge in [0.05, 0.1) is 18.2 Å². The number of hydrogen-bond acceptors (Lipinski definition) is 5. The van der Waals surface area contributed by atoms with Gasteiger partial charge in [0.25, 0.3) is 0 Å². The number of benzene rings is 1. The molecule has 2 heterocycles. The zero-order valence-corrected chi connectivity index (χ0v) is 12.7. The normalized spacial score (nSPS) is 29.8. The van der Waals surface area contributed by atoms with Crippen molar-refractivity contribution in [3.8, 4) is 0 Å². The number of nitrogens with zero attached hydrogens (tertiary/aromatic N) is 1. The number of ketones is 1. The van der Waals surface area contributed by atoms with Crippen molar-refractivity contribution in [2.24, 2.45) is 0 Å². The van der Waals surface area contributed by atoms with Crippen molar-refractivity contribution >= 4 is 17.4 Å². The summed E-state index contributed by atoms with van der Waals surface area (Å²) in [7, 11) is 1.32. The number of anilines is 1. The van der Waals surface area contributed by atoms with Gasteiger partial charge in [-0.1, -0.05) is 18.2 Å². The molecule has 1 saturated heterocycles. The predicted molar refractivity (Wildman–Crippen MR) is 76.9 cm³/mol. The lowest BCUT2D eigenvalue weighted by molar-refractivity contribution is -0.151. The first-order valence-electron chi connectivity index (χ1n) is 7.01. The molecule has 0 aliphatic carbocycles. The highest BCUT2D eigenvalue weighted by Gasteiger charge is 2.59. The summed E-state index contributed by atoms with van der Waals surface area (Å²) in [4.78, 5) is 30.5. The Morgan fingerprint density at radius 3 is 2.67 bits per heavy atom. The molecule has 0 saturated carbocycles. The molecule has 112 valence electrons. The van der Waals surface area contributed by atoms with Crippen molar-refractivity contribution in [2.75, 3.05) is 12.2 Å². The number of esters is 1. The molecule has 1 unspecified atom stereocenters. The molecule has 1 aromatic rings. The number of carbonyl (C=O) groups excluding carboxylic acids is 2. The first kappa shape index (κ1) is 14.1. The van der Waals surface area contributed by atoms with Crippen molar-refractivity contribution in [3.63, 3.8) is 0 Å². The Bertz CT molecular complexity index is 624. The first-order valence-corrected chi connectivity index (χ1v) is 7.01. The van der Waals surface area contributed by atoms with E-state index >= 15 is 0 Å². The third kappa shape index (κ3) is 1.73. The Hall–Kier alpha value is -1.88. The quantitative estimate of drug-likeness (QED) is 0.740. The molecule has 1 fully saturated rings. The molecule has 0 aromatic heterocycles. The van der Waals surface area contributed by atoms with E-state index in [4.69, 9.17) is 9.57 Å². The molecule has 1 aromatic carbocycles. The molecule has 0 bridgehead atoms. The summed E-state index contributed by atoms with van der Waals surface area (Å²) in [6.07, 6.45) is -0.443. The van der Waals surface area contributed by atoms with E-state index in [1.165, 1.54) is 7.11 Å². The SMILES string of the molecule is COC(=O)C1C[C@]2(C)C(=O)C(C)(C)c3ccccc3N2O1. The molecule has 0 radical (unpaired) electrons. The molecule has 2 aliphatic rings. The highest BCUT2D eigenvalue weighted by Crippen LogP contribution is 2.49. The van der Waals surface area contributed by atoms with Gasteiger partial charge >= 0.3 is 5.97 Å². The van der Waals surface area contributed by atoms with Crippen LogP contribution in [-0.4, -0.2) is 30.5 Å². The lowest BCUT2D eigenvalue weighted by Gasteiger charge is -2.45. The largest absolute Gasteiger partial charge is 0.467 e. The van der Waals surface area contributed by atoms with Crippen LogP contribution in [0.4, 0.5) is 5.69 Å². The summed E-state index contributed by atoms with van der Waals surface area (Å²) >= 11 is 0. The average Bonchev–Trinajstić information content (AvgIpc) is 2.84. The number of hydroxylamine groups is 1. The molecule has 0 spiro atoms. The molecule has 21 heavy (non-hydrogen) atoms. The lowest BCUT2D eigenvalue weighted by atomic mass is 9.68. The summed E-state index contributed by atoms with van der Waals surface area (Å²) in [5.74, 6) is -0.395. The van der Waals surface area contributed by atoms with E-state index in [2.05, 4.69) is 0 Å². The number of para-hydroxylation sites is 1. The molecule has 3 rings (SSSR count). The van der Waals surface area contributed by atoms with Crippen molar-refractivity contribution in [3.05, 3.63) is 29.8 Å². The van der Waals surface area contributed by atoms with Crippen LogP contribution in [0.3, 0.4) is 0 Å². The Morgan fingerprint density at radius 1 is 1.33 bits per heavy atom. The summed E-state index contributed by atoms with van der Waals surface area (Å²) in [5, 5.41) is 1.59. The van der Waals surface area contributed by atoms with Gasteiger partial charge in [0.2, 0.25) is 0 Å². The van der Waals surface area contributed by atoms with E-state index in [-0.39, 0.29) is 5.78 Å². The number of carbonyl (C=O) groups is 2. The average molecular weight is 289 g/mol. The molecule has 5 heteroatoms. The molecule has 0 amide bonds. The highest BCUT2D eigenvalue weighted by atomic mass is 16.7. The second kappa shape index (κ2) is 4.31. The van der Waals surface area contributed by atoms with Crippen LogP contribution in [0.15, 0.2) is 24.3 Å². The molecular weight excluding hydrogens is 270 g/mol. The maximum absolute atomic E-state index is 13.0. The minimum absolute atomic E-state index is 0.0557. The number of fused-ring (bicyclic) bond motifs is 3. The molecule has 0 N–H and O–H groups in total. The second-order valence-corrected chi connectivity index (χ2v) is 6.36. The van der Waals surface area contributed by atoms with Crippen molar-refractivity contribution in [2.45, 2.75) is 44.2 Å². The molecular formula is C16H19NO4. The van der Waals surface area contributed by atoms with Crippen LogP contribution >= 0.6 is 0 Å². The fraction of sp³-hybridized carbons (Fsp3) is 0.500. The molecule has 2 aliphatic heterocycles. The van der Waals surface area contributed by atoms with Gasteiger partial charge in [0.15, 0.2) is 11.9 Å². The smallest absolute Gasteiger partial charge is 0.337 e. The van der Waals surface area contributed by atoms with Gasteiger partial charge < -0.3 is 4.74 Å². The van der Waals surface area contributed by atoms with Crippen LogP contribution < -0.4 is 5.06 Å². The standard InChI is InChI=1S/C16H19NO4/c1-15(2)10-7-5-6-8-11(10)17-16(3,14(15)19)9-12(21-17)13(18)20-4/h5-8,12H,9H2,1-4H3/t12?,16-/m1/s1. The van der Waals surface area contributed by atoms with Crippen LogP contribution in [0.5, 0.6) is 0 Å². The second-order valence-electron chi connectivity index (χ2n) is 6.36. The van der Waals surface area contributed by atoms with Gasteiger partial charge in [-0.05, 0) is 32.4 Å². The van der Waals surface area contributed by atoms with Crippen LogP contribution in [0.1, 0.15) is 32.8 Å². The van der Waals surface area contributed by atoms with Gasteiger partial charge in [0, 0.05) is 6.42 Å². The number of hydrogen-bond donors (Lipinski definition) is 0. The van der Waals surface area contributed by atoms with E-state index in [9.17, 15) is 9.59 Å². The van der Waals surface area contributed by atoms with Gasteiger partial charge in [-0.25, -0.2) is 9.86 Å². The van der Waals surface area contributed by atoms with Gasteiger partial charge in [-0.2, -0.15) is 0 Å². The van der Waals surface area contributed by atoms with Gasteiger partial charge in [-0.3, -0.25) is 9.63 Å². The van der Waals surface area contributed by atoms with Crippen molar-refractivity contribution in [1.29, 1.82) is 0 Å². The number of methoxy groups -OCH3 is 1. The lowest BCUT2D eigenvalue weighted by Crippen LogP contribution is -2.58. The number of rotatable bonds is 1. The highest BCUT2D eigenvalue weighted by molar-refractivity contribution is 6.04. The Balaban J connectivity index is 2.14. The summed E-state index contributed by atoms with van der Waals surface area (Å²) < 4.78 is 4.76. The van der Waals surface area contributed by atoms with E-state index in [0.717, 1.165) is 11.3 Å². The maximum Gasteiger partial charge on any atom is 0.337 e. The van der Waals surface area contributed by atoms with E-state index < -0.39 is 23.0 Å². The third-order valence-corrected chi connectivity index (χ3v) is 4.58. The Morgan fingerprint density at radius 2 is 2.00 bits per heavy atom. The summed E-state index contributed by atoms with van der Waals surface area (Å²) in [6, 6.07) is 7.66. The predicted octanol–water partition coefficient (Wildman–Crippen LogP) is 1.99. The van der Waals surface area contributed by atoms with Gasteiger partial charge in [-0.15, -0.1) is 0 Å². The zero-order valence-electron chi connectivity index (χ0n) is 12.7. The van der Waals surface area contributed by atoms with Crippen LogP contribution in [-0.2, 0) is 24.6 Å². The zero-order chi connectivity index (χ0) is 15.4. The van der Waals surface area contributed by atoms with Crippen LogP contribution in [0.25, 0.3) is 0 Å². The number of Topliss-reactive ketones (excluding diaryl/α,β-unsaturated/α-hetero) is 1. The Labute approximate surface area is 123 Å².